The topological polar surface area (TPSA) is 78.7 Å². The Morgan fingerprint density at radius 2 is 1.96 bits per heavy atom. The van der Waals surface area contributed by atoms with Crippen LogP contribution in [0.3, 0.4) is 0 Å². The third kappa shape index (κ3) is 4.74. The number of nitrogens with zero attached hydrogens (tertiary/aromatic N) is 3. The number of nitrogens with one attached hydrogen (secondary N) is 1. The van der Waals surface area contributed by atoms with Gasteiger partial charge < -0.3 is 0 Å². The van der Waals surface area contributed by atoms with Crippen LogP contribution in [0, 0.1) is 11.3 Å². The Labute approximate surface area is 168 Å². The Kier molecular flexibility index (Phi) is 6.12. The molecule has 1 N–H and O–H groups in total. The lowest BCUT2D eigenvalue weighted by Gasteiger charge is -2.03. The summed E-state index contributed by atoms with van der Waals surface area (Å²) in [5.41, 5.74) is 2.02. The molecule has 1 aromatic heterocycles. The van der Waals surface area contributed by atoms with Crippen molar-refractivity contribution in [1.82, 2.24) is 10.2 Å². The van der Waals surface area contributed by atoms with Crippen molar-refractivity contribution in [2.45, 2.75) is 10.1 Å². The van der Waals surface area contributed by atoms with Crippen molar-refractivity contribution in [3.63, 3.8) is 0 Å². The van der Waals surface area contributed by atoms with Crippen LogP contribution in [-0.4, -0.2) is 16.1 Å². The van der Waals surface area contributed by atoms with Gasteiger partial charge in [-0.1, -0.05) is 58.4 Å². The predicted octanol–water partition coefficient (Wildman–Crippen LogP) is 5.26. The third-order valence-electron chi connectivity index (χ3n) is 3.25. The standard InChI is InChI=1S/C17H10Cl2N4OS2/c18-12-5-6-13(14(19)7-12)15(24)21-16-22-23-17(26-16)25-9-11-3-1-10(8-20)2-4-11/h1-7H,9H2,(H,21,22,24). The molecule has 130 valence electrons. The van der Waals surface area contributed by atoms with Gasteiger partial charge in [0.05, 0.1) is 22.2 Å². The molecule has 2 aromatic carbocycles. The number of carbonyl (C=O) groups is 1. The summed E-state index contributed by atoms with van der Waals surface area (Å²) in [6.45, 7) is 0. The molecular formula is C17H10Cl2N4OS2. The van der Waals surface area contributed by atoms with Crippen LogP contribution in [0.15, 0.2) is 46.8 Å². The molecule has 0 aliphatic carbocycles. The first kappa shape index (κ1) is 18.7. The van der Waals surface area contributed by atoms with E-state index in [-0.39, 0.29) is 10.9 Å². The first-order valence-electron chi connectivity index (χ1n) is 7.27. The molecular weight excluding hydrogens is 411 g/mol. The molecule has 0 saturated heterocycles. The second kappa shape index (κ2) is 8.52. The number of thioether (sulfide) groups is 1. The monoisotopic (exact) mass is 420 g/mol. The van der Waals surface area contributed by atoms with Gasteiger partial charge in [-0.05, 0) is 35.9 Å². The van der Waals surface area contributed by atoms with Crippen molar-refractivity contribution in [2.75, 3.05) is 5.32 Å². The van der Waals surface area contributed by atoms with Crippen molar-refractivity contribution >= 4 is 57.3 Å². The minimum atomic E-state index is -0.369. The summed E-state index contributed by atoms with van der Waals surface area (Å²) in [6, 6.07) is 14.1. The molecule has 3 aromatic rings. The minimum Gasteiger partial charge on any atom is -0.296 e. The molecule has 0 bridgehead atoms. The lowest BCUT2D eigenvalue weighted by molar-refractivity contribution is 0.102. The first-order chi connectivity index (χ1) is 12.5. The van der Waals surface area contributed by atoms with Gasteiger partial charge >= 0.3 is 0 Å². The number of anilines is 1. The van der Waals surface area contributed by atoms with Gasteiger partial charge in [-0.25, -0.2) is 0 Å². The van der Waals surface area contributed by atoms with Crippen LogP contribution in [0.2, 0.25) is 10.0 Å². The molecule has 0 aliphatic rings. The van der Waals surface area contributed by atoms with Crippen LogP contribution in [0.5, 0.6) is 0 Å². The Morgan fingerprint density at radius 3 is 2.65 bits per heavy atom. The van der Waals surface area contributed by atoms with Gasteiger partial charge in [-0.3, -0.25) is 10.1 Å². The van der Waals surface area contributed by atoms with Crippen molar-refractivity contribution in [3.05, 3.63) is 69.2 Å². The summed E-state index contributed by atoms with van der Waals surface area (Å²) in [5, 5.41) is 20.6. The van der Waals surface area contributed by atoms with Crippen LogP contribution in [0.25, 0.3) is 0 Å². The Hall–Kier alpha value is -2.11. The number of hydrogen-bond donors (Lipinski definition) is 1. The summed E-state index contributed by atoms with van der Waals surface area (Å²) >= 11 is 14.6. The number of carbonyl (C=O) groups excluding carboxylic acids is 1. The zero-order valence-electron chi connectivity index (χ0n) is 13.1. The highest BCUT2D eigenvalue weighted by molar-refractivity contribution is 8.00. The Balaban J connectivity index is 1.60. The van der Waals surface area contributed by atoms with E-state index >= 15 is 0 Å². The van der Waals surface area contributed by atoms with Crippen LogP contribution >= 0.6 is 46.3 Å². The Morgan fingerprint density at radius 1 is 1.19 bits per heavy atom. The molecule has 0 fully saturated rings. The van der Waals surface area contributed by atoms with Gasteiger partial charge in [-0.15, -0.1) is 10.2 Å². The predicted molar refractivity (Wildman–Crippen MR) is 105 cm³/mol. The van der Waals surface area contributed by atoms with Gasteiger partial charge in [0.25, 0.3) is 5.91 Å². The molecule has 1 heterocycles. The summed E-state index contributed by atoms with van der Waals surface area (Å²) in [5.74, 6) is 0.323. The molecule has 0 atom stereocenters. The minimum absolute atomic E-state index is 0.273. The molecule has 0 aliphatic heterocycles. The molecule has 26 heavy (non-hydrogen) atoms. The lowest BCUT2D eigenvalue weighted by atomic mass is 10.2. The maximum Gasteiger partial charge on any atom is 0.259 e. The van der Waals surface area contributed by atoms with E-state index < -0.39 is 0 Å². The largest absolute Gasteiger partial charge is 0.296 e. The van der Waals surface area contributed by atoms with Crippen molar-refractivity contribution < 1.29 is 4.79 Å². The molecule has 3 rings (SSSR count). The van der Waals surface area contributed by atoms with E-state index in [9.17, 15) is 4.79 Å². The van der Waals surface area contributed by atoms with Gasteiger partial charge in [0.1, 0.15) is 0 Å². The summed E-state index contributed by atoms with van der Waals surface area (Å²) in [4.78, 5) is 12.3. The van der Waals surface area contributed by atoms with Gasteiger partial charge in [0, 0.05) is 10.8 Å². The average molecular weight is 421 g/mol. The molecule has 9 heteroatoms. The van der Waals surface area contributed by atoms with E-state index in [0.29, 0.717) is 27.0 Å². The highest BCUT2D eigenvalue weighted by Crippen LogP contribution is 2.29. The maximum absolute atomic E-state index is 12.3. The van der Waals surface area contributed by atoms with Gasteiger partial charge in [0.15, 0.2) is 4.34 Å². The number of rotatable bonds is 5. The molecule has 0 unspecified atom stereocenters. The van der Waals surface area contributed by atoms with E-state index in [1.165, 1.54) is 29.2 Å². The summed E-state index contributed by atoms with van der Waals surface area (Å²) < 4.78 is 0.729. The molecule has 1 amide bonds. The summed E-state index contributed by atoms with van der Waals surface area (Å²) in [6.07, 6.45) is 0. The summed E-state index contributed by atoms with van der Waals surface area (Å²) in [7, 11) is 0. The van der Waals surface area contributed by atoms with Crippen molar-refractivity contribution in [1.29, 1.82) is 5.26 Å². The number of halogens is 2. The second-order valence-electron chi connectivity index (χ2n) is 5.05. The number of benzene rings is 2. The van der Waals surface area contributed by atoms with E-state index in [1.54, 1.807) is 24.3 Å². The van der Waals surface area contributed by atoms with E-state index in [1.807, 2.05) is 12.1 Å². The number of nitriles is 1. The first-order valence-corrected chi connectivity index (χ1v) is 9.82. The molecule has 0 saturated carbocycles. The normalized spacial score (nSPS) is 10.3. The van der Waals surface area contributed by atoms with E-state index in [2.05, 4.69) is 21.6 Å². The highest BCUT2D eigenvalue weighted by Gasteiger charge is 2.14. The van der Waals surface area contributed by atoms with Crippen molar-refractivity contribution in [2.24, 2.45) is 0 Å². The SMILES string of the molecule is N#Cc1ccc(CSc2nnc(NC(=O)c3ccc(Cl)cc3Cl)s2)cc1. The van der Waals surface area contributed by atoms with Gasteiger partial charge in [0.2, 0.25) is 5.13 Å². The van der Waals surface area contributed by atoms with Crippen LogP contribution in [0.4, 0.5) is 5.13 Å². The second-order valence-corrected chi connectivity index (χ2v) is 8.09. The fourth-order valence-corrected chi connectivity index (χ4v) is 4.17. The van der Waals surface area contributed by atoms with Gasteiger partial charge in [-0.2, -0.15) is 5.26 Å². The third-order valence-corrected chi connectivity index (χ3v) is 5.84. The van der Waals surface area contributed by atoms with Crippen LogP contribution in [-0.2, 0) is 5.75 Å². The van der Waals surface area contributed by atoms with Crippen LogP contribution < -0.4 is 5.32 Å². The fourth-order valence-electron chi connectivity index (χ4n) is 1.98. The zero-order valence-corrected chi connectivity index (χ0v) is 16.2. The highest BCUT2D eigenvalue weighted by atomic mass is 35.5. The van der Waals surface area contributed by atoms with E-state index in [4.69, 9.17) is 28.5 Å². The number of amides is 1. The maximum atomic E-state index is 12.3. The number of aromatic nitrogens is 2. The average Bonchev–Trinajstić information content (AvgIpc) is 3.07. The Bertz CT molecular complexity index is 983. The molecule has 0 radical (unpaired) electrons. The number of hydrogen-bond acceptors (Lipinski definition) is 6. The molecule has 0 spiro atoms. The fraction of sp³-hybridized carbons (Fsp3) is 0.0588. The smallest absolute Gasteiger partial charge is 0.259 e. The van der Waals surface area contributed by atoms with Crippen molar-refractivity contribution in [3.8, 4) is 6.07 Å². The van der Waals surface area contributed by atoms with E-state index in [0.717, 1.165) is 9.90 Å². The lowest BCUT2D eigenvalue weighted by Crippen LogP contribution is -2.12. The molecule has 5 nitrogen and oxygen atoms in total. The quantitative estimate of drug-likeness (QED) is 0.449. The van der Waals surface area contributed by atoms with Crippen LogP contribution in [0.1, 0.15) is 21.5 Å². The zero-order chi connectivity index (χ0) is 18.5.